The molecule has 0 amide bonds. The SMILES string of the molecule is CC(C)(C)[Si](C)(C)Cl.CC(C)(C)[Si](C)(C)O[C@@H](/C=C/[C@@H]1[C@H]2CC(=O)O[C@H]2C[C@H]1OB(P)P)CCc1ccccc1.CC(C)(C)[Si](C)(C)O[C@H](/C=C/[C@@H]1[C@H]2CC(=O)O[C@H]2C[C@H]1OB(P)P)CCc1ccccc1.O=C(/C=C/[C@@H]1[C@H]2CC(=O)O[C@H]2C[C@H]1OB(P)P)CCc1ccccc1.O=C1C[C@@H]2[C@@H](/C=C/[C@@H](O)CCc3ccccc3)[C@H](OB(P)P)C[C@@H]2O1.O=C1C[C@@H]2[C@@H](/C=C/[C@H](O)CCc3ccccc3)[C@H](OB(P)P)C[C@@H]2O1. The Morgan fingerprint density at radius 2 is 0.558 bits per heavy atom. The van der Waals surface area contributed by atoms with Crippen molar-refractivity contribution in [2.75, 3.05) is 0 Å². The van der Waals surface area contributed by atoms with Gasteiger partial charge in [0.1, 0.15) is 30.5 Å². The molecule has 802 valence electrons. The van der Waals surface area contributed by atoms with Crippen molar-refractivity contribution < 1.29 is 94.8 Å². The van der Waals surface area contributed by atoms with Crippen LogP contribution in [0.25, 0.3) is 0 Å². The molecule has 5 aromatic rings. The number of carbonyl (C=O) groups is 6. The highest BCUT2D eigenvalue weighted by Gasteiger charge is 2.56. The third-order valence-corrected chi connectivity index (χ3v) is 47.0. The number of aliphatic hydroxyl groups excluding tert-OH is 2. The van der Waals surface area contributed by atoms with Crippen LogP contribution in [-0.4, -0.2) is 187 Å². The number of esters is 5. The summed E-state index contributed by atoms with van der Waals surface area (Å²) in [5, 5.41) is 21.2. The molecule has 39 heteroatoms. The minimum absolute atomic E-state index is 0.0113. The van der Waals surface area contributed by atoms with Crippen molar-refractivity contribution in [1.29, 1.82) is 0 Å². The fourth-order valence-corrected chi connectivity index (χ4v) is 24.9. The lowest BCUT2D eigenvalue weighted by atomic mass is 9.91. The van der Waals surface area contributed by atoms with Gasteiger partial charge in [0.05, 0.1) is 87.0 Å². The number of ketones is 1. The van der Waals surface area contributed by atoms with Gasteiger partial charge in [-0.3, -0.25) is 28.8 Å². The molecule has 5 aromatic carbocycles. The number of allylic oxidation sites excluding steroid dienone is 1. The highest BCUT2D eigenvalue weighted by atomic mass is 35.6. The van der Waals surface area contributed by atoms with Gasteiger partial charge in [-0.2, -0.15) is 11.1 Å². The molecule has 0 radical (unpaired) electrons. The van der Waals surface area contributed by atoms with E-state index < -0.39 is 36.2 Å². The number of benzene rings is 5. The first kappa shape index (κ1) is 126. The summed E-state index contributed by atoms with van der Waals surface area (Å²) in [5.41, 5.74) is 6.27. The number of hydrogen-bond acceptors (Lipinski definition) is 20. The molecule has 5 saturated heterocycles. The molecular weight excluding hydrogens is 2100 g/mol. The minimum Gasteiger partial charge on any atom is -0.462 e. The summed E-state index contributed by atoms with van der Waals surface area (Å²) in [5.74, 6) is 0.951. The van der Waals surface area contributed by atoms with Crippen molar-refractivity contribution in [3.63, 3.8) is 0 Å². The van der Waals surface area contributed by atoms with Gasteiger partial charge in [-0.05, 0) is 133 Å². The number of aliphatic hydroxyl groups is 2. The average molecular weight is 2270 g/mol. The van der Waals surface area contributed by atoms with Gasteiger partial charge in [-0.15, -0.1) is 91.2 Å². The van der Waals surface area contributed by atoms with Crippen molar-refractivity contribution in [2.24, 2.45) is 59.2 Å². The molecule has 15 rings (SSSR count). The van der Waals surface area contributed by atoms with Gasteiger partial charge in [-0.1, -0.05) is 282 Å². The van der Waals surface area contributed by atoms with Gasteiger partial charge >= 0.3 is 61.6 Å². The maximum Gasteiger partial charge on any atom is 0.336 e. The first-order chi connectivity index (χ1) is 69.2. The van der Waals surface area contributed by atoms with Crippen LogP contribution >= 0.6 is 102 Å². The van der Waals surface area contributed by atoms with E-state index in [0.29, 0.717) is 62.8 Å². The Balaban J connectivity index is 0.000000185. The maximum atomic E-state index is 12.2. The molecule has 0 bridgehead atoms. The lowest BCUT2D eigenvalue weighted by Crippen LogP contribution is -2.43. The zero-order valence-corrected chi connectivity index (χ0v) is 104. The summed E-state index contributed by atoms with van der Waals surface area (Å²) in [6.45, 7) is 33.9. The van der Waals surface area contributed by atoms with E-state index in [-0.39, 0.29) is 210 Å². The summed E-state index contributed by atoms with van der Waals surface area (Å²) >= 11 is 6.15. The Kier molecular flexibility index (Phi) is 51.0. The molecule has 2 N–H and O–H groups in total. The minimum atomic E-state index is -1.93. The van der Waals surface area contributed by atoms with E-state index in [0.717, 1.165) is 76.2 Å². The molecule has 0 aromatic heterocycles. The Hall–Kier alpha value is -2.97. The van der Waals surface area contributed by atoms with Crippen molar-refractivity contribution in [2.45, 2.75) is 331 Å². The van der Waals surface area contributed by atoms with Gasteiger partial charge in [0.25, 0.3) is 0 Å². The van der Waals surface area contributed by atoms with E-state index in [1.807, 2.05) is 97.1 Å². The molecule has 34 atom stereocenters. The first-order valence-corrected chi connectivity index (χ1v) is 69.1. The Labute approximate surface area is 911 Å². The average Bonchev–Trinajstić information content (AvgIpc) is 1.65. The molecule has 10 aliphatic rings. The number of aryl methyl sites for hydroxylation is 5. The first-order valence-electron chi connectivity index (χ1n) is 52.6. The summed E-state index contributed by atoms with van der Waals surface area (Å²) in [6, 6.07) is 51.5. The monoisotopic (exact) mass is 2270 g/mol. The normalized spacial score (nSPS) is 27.4. The van der Waals surface area contributed by atoms with E-state index in [1.54, 1.807) is 6.08 Å². The van der Waals surface area contributed by atoms with Crippen LogP contribution in [0.15, 0.2) is 212 Å². The third-order valence-electron chi connectivity index (χ3n) is 31.2. The number of halogens is 1. The molecular formula is C108H166B5ClO20P10Si3. The van der Waals surface area contributed by atoms with Crippen LogP contribution < -0.4 is 0 Å². The number of fused-ring (bicyclic) bond motifs is 5. The van der Waals surface area contributed by atoms with Crippen LogP contribution in [0.1, 0.15) is 186 Å². The Morgan fingerprint density at radius 3 is 0.776 bits per heavy atom. The smallest absolute Gasteiger partial charge is 0.336 e. The fraction of sp³-hybridized carbons (Fsp3) is 0.574. The number of ether oxygens (including phenoxy) is 5. The summed E-state index contributed by atoms with van der Waals surface area (Å²) < 4.78 is 71.2. The van der Waals surface area contributed by atoms with Crippen molar-refractivity contribution in [3.05, 3.63) is 240 Å². The summed E-state index contributed by atoms with van der Waals surface area (Å²) in [7, 11) is 21.1. The van der Waals surface area contributed by atoms with Gasteiger partial charge in [-0.25, -0.2) is 0 Å². The molecule has 10 fully saturated rings. The van der Waals surface area contributed by atoms with E-state index in [1.165, 1.54) is 22.3 Å². The number of hydrogen-bond donors (Lipinski definition) is 2. The molecule has 5 saturated carbocycles. The molecule has 20 nitrogen and oxygen atoms in total. The maximum absolute atomic E-state index is 12.2. The third kappa shape index (κ3) is 40.8. The standard InChI is InChI=1S/2C24H39BO4P2Si.2C18H25BO4P2.C18H23BO4P2.C6H15ClSi/c2*1-24(2,3)32(4,5)29-18(12-11-17-9-7-6-8-10-17)13-14-19-20-15-23(26)27-21(20)16-22(19)28-25(30)31;3*20-13(7-6-12-4-2-1-3-5-12)8-9-14-15-10-18(21)22-16(15)11-17(14)23-19(24)25;1-6(2,3)8(4,5)7/h2*6-10,13-14,18-22H,11-12,15-16,30-31H2,1-5H3;2*1-5,8-9,13-17,20H,6-7,10-11,24-25H2;1-5,8-9,14-17H,6-7,10-11,24-25H2;1-5H3/b2*14-13+;3*9-8+;/t18-,19+,20+,21-,22+;18-,19-,20-,21+,22-;13-,14+,15+,16-,17+;13-,14-,15-,16+,17-;14-,15-,16+,17-;/m01011./s1. The van der Waals surface area contributed by atoms with Gasteiger partial charge in [0.2, 0.25) is 0 Å². The quantitative estimate of drug-likeness (QED) is 0.00705. The van der Waals surface area contributed by atoms with E-state index in [4.69, 9.17) is 66.9 Å². The highest BCUT2D eigenvalue weighted by Crippen LogP contribution is 2.51. The zero-order chi connectivity index (χ0) is 107. The Morgan fingerprint density at radius 1 is 0.347 bits per heavy atom. The second kappa shape index (κ2) is 59.6. The van der Waals surface area contributed by atoms with E-state index in [2.05, 4.69) is 302 Å². The van der Waals surface area contributed by atoms with Crippen molar-refractivity contribution in [1.82, 2.24) is 0 Å². The van der Waals surface area contributed by atoms with Gasteiger partial charge < -0.3 is 66.0 Å². The lowest BCUT2D eigenvalue weighted by Gasteiger charge is -2.39. The van der Waals surface area contributed by atoms with Crippen LogP contribution in [0.2, 0.25) is 54.4 Å². The van der Waals surface area contributed by atoms with Crippen LogP contribution in [0.3, 0.4) is 0 Å². The van der Waals surface area contributed by atoms with Gasteiger partial charge in [0, 0.05) is 97.7 Å². The number of rotatable bonds is 39. The number of carbonyl (C=O) groups excluding carboxylic acids is 6. The molecule has 10 unspecified atom stereocenters. The molecule has 147 heavy (non-hydrogen) atoms. The molecule has 5 aliphatic carbocycles. The van der Waals surface area contributed by atoms with Crippen LogP contribution in [0, 0.1) is 59.2 Å². The Bertz CT molecular complexity index is 4820. The summed E-state index contributed by atoms with van der Waals surface area (Å²) in [6.07, 6.45) is 33.2. The van der Waals surface area contributed by atoms with E-state index >= 15 is 0 Å². The zero-order valence-electron chi connectivity index (χ0n) is 89.0. The van der Waals surface area contributed by atoms with Crippen molar-refractivity contribution in [3.8, 4) is 0 Å². The molecule has 5 heterocycles. The molecule has 0 spiro atoms. The van der Waals surface area contributed by atoms with Crippen LogP contribution in [0.4, 0.5) is 0 Å². The predicted molar refractivity (Wildman–Crippen MR) is 644 cm³/mol. The second-order valence-electron chi connectivity index (χ2n) is 45.4. The predicted octanol–water partition coefficient (Wildman–Crippen LogP) is 22.5. The topological polar surface area (TPSA) is 254 Å². The summed E-state index contributed by atoms with van der Waals surface area (Å²) in [4.78, 5) is 70.8. The second-order valence-corrected chi connectivity index (χ2v) is 72.6. The lowest BCUT2D eigenvalue weighted by molar-refractivity contribution is -0.142. The van der Waals surface area contributed by atoms with Crippen LogP contribution in [0.5, 0.6) is 0 Å². The van der Waals surface area contributed by atoms with Crippen LogP contribution in [-0.2, 0) is 117 Å². The van der Waals surface area contributed by atoms with Crippen molar-refractivity contribution >= 4 is 194 Å². The molecule has 5 aliphatic heterocycles. The highest BCUT2D eigenvalue weighted by molar-refractivity contribution is 7.93. The fourth-order valence-electron chi connectivity index (χ4n) is 20.3. The van der Waals surface area contributed by atoms with Gasteiger partial charge in [0.15, 0.2) is 29.8 Å². The van der Waals surface area contributed by atoms with E-state index in [9.17, 15) is 39.0 Å². The largest absolute Gasteiger partial charge is 0.462 e.